The van der Waals surface area contributed by atoms with Crippen LogP contribution in [0.25, 0.3) is 0 Å². The van der Waals surface area contributed by atoms with Crippen LogP contribution in [0.4, 0.5) is 0 Å². The number of carbonyl (C=O) groups excluding carboxylic acids is 2. The van der Waals surface area contributed by atoms with E-state index in [9.17, 15) is 9.59 Å². The van der Waals surface area contributed by atoms with E-state index in [1.165, 1.54) is 0 Å². The van der Waals surface area contributed by atoms with Crippen molar-refractivity contribution in [2.75, 3.05) is 0 Å². The van der Waals surface area contributed by atoms with E-state index < -0.39 is 11.9 Å². The Kier molecular flexibility index (Phi) is 6.89. The van der Waals surface area contributed by atoms with E-state index in [2.05, 4.69) is 15.9 Å². The standard InChI is InChI=1S/C16H21BrO4/c1-5-10(3)20-15(18)12-7-8-13(14(17)9-12)16(19)21-11(4)6-2/h7-11H,5-6H2,1-4H3. The molecule has 0 amide bonds. The van der Waals surface area contributed by atoms with Crippen molar-refractivity contribution in [1.29, 1.82) is 0 Å². The van der Waals surface area contributed by atoms with Crippen LogP contribution in [0.15, 0.2) is 22.7 Å². The Bertz CT molecular complexity index is 513. The summed E-state index contributed by atoms with van der Waals surface area (Å²) in [6.45, 7) is 7.57. The van der Waals surface area contributed by atoms with E-state index in [0.29, 0.717) is 15.6 Å². The quantitative estimate of drug-likeness (QED) is 0.710. The smallest absolute Gasteiger partial charge is 0.339 e. The molecular formula is C16H21BrO4. The van der Waals surface area contributed by atoms with Crippen LogP contribution >= 0.6 is 15.9 Å². The molecule has 0 aromatic heterocycles. The van der Waals surface area contributed by atoms with Crippen LogP contribution in [0.5, 0.6) is 0 Å². The number of ether oxygens (including phenoxy) is 2. The maximum Gasteiger partial charge on any atom is 0.339 e. The normalized spacial score (nSPS) is 13.4. The van der Waals surface area contributed by atoms with Crippen LogP contribution in [0.2, 0.25) is 0 Å². The average Bonchev–Trinajstić information content (AvgIpc) is 2.46. The Morgan fingerprint density at radius 1 is 1.05 bits per heavy atom. The molecule has 21 heavy (non-hydrogen) atoms. The van der Waals surface area contributed by atoms with E-state index in [0.717, 1.165) is 12.8 Å². The van der Waals surface area contributed by atoms with Gasteiger partial charge in [-0.25, -0.2) is 9.59 Å². The van der Waals surface area contributed by atoms with Gasteiger partial charge in [-0.1, -0.05) is 13.8 Å². The first-order chi connectivity index (χ1) is 9.88. The lowest BCUT2D eigenvalue weighted by molar-refractivity contribution is 0.0318. The van der Waals surface area contributed by atoms with Crippen LogP contribution in [0.3, 0.4) is 0 Å². The fourth-order valence-corrected chi connectivity index (χ4v) is 2.01. The van der Waals surface area contributed by atoms with Gasteiger partial charge in [0.25, 0.3) is 0 Å². The Labute approximate surface area is 133 Å². The first kappa shape index (κ1) is 17.7. The third-order valence-corrected chi connectivity index (χ3v) is 3.85. The second kappa shape index (κ2) is 8.17. The highest BCUT2D eigenvalue weighted by Crippen LogP contribution is 2.21. The molecule has 1 aromatic rings. The molecule has 0 fully saturated rings. The lowest BCUT2D eigenvalue weighted by Crippen LogP contribution is -2.16. The zero-order chi connectivity index (χ0) is 16.0. The summed E-state index contributed by atoms with van der Waals surface area (Å²) < 4.78 is 11.0. The molecule has 1 rings (SSSR count). The SMILES string of the molecule is CCC(C)OC(=O)c1ccc(C(=O)OC(C)CC)c(Br)c1. The van der Waals surface area contributed by atoms with Crippen LogP contribution in [-0.2, 0) is 9.47 Å². The Morgan fingerprint density at radius 2 is 1.57 bits per heavy atom. The highest BCUT2D eigenvalue weighted by molar-refractivity contribution is 9.10. The molecule has 5 heteroatoms. The molecule has 0 bridgehead atoms. The lowest BCUT2D eigenvalue weighted by atomic mass is 10.1. The fourth-order valence-electron chi connectivity index (χ4n) is 1.47. The van der Waals surface area contributed by atoms with Gasteiger partial charge < -0.3 is 9.47 Å². The van der Waals surface area contributed by atoms with Gasteiger partial charge in [-0.05, 0) is 60.8 Å². The monoisotopic (exact) mass is 356 g/mol. The molecule has 2 unspecified atom stereocenters. The van der Waals surface area contributed by atoms with Crippen molar-refractivity contribution in [1.82, 2.24) is 0 Å². The third-order valence-electron chi connectivity index (χ3n) is 3.19. The predicted molar refractivity (Wildman–Crippen MR) is 84.5 cm³/mol. The summed E-state index contributed by atoms with van der Waals surface area (Å²) in [6.07, 6.45) is 1.24. The van der Waals surface area contributed by atoms with Gasteiger partial charge in [-0.3, -0.25) is 0 Å². The lowest BCUT2D eigenvalue weighted by Gasteiger charge is -2.13. The van der Waals surface area contributed by atoms with Gasteiger partial charge in [-0.15, -0.1) is 0 Å². The van der Waals surface area contributed by atoms with E-state index in [-0.39, 0.29) is 12.2 Å². The molecule has 0 spiro atoms. The molecule has 0 heterocycles. The molecule has 116 valence electrons. The number of rotatable bonds is 6. The molecule has 0 aliphatic heterocycles. The maximum absolute atomic E-state index is 12.0. The predicted octanol–water partition coefficient (Wildman–Crippen LogP) is 4.36. The summed E-state index contributed by atoms with van der Waals surface area (Å²) in [7, 11) is 0. The summed E-state index contributed by atoms with van der Waals surface area (Å²) in [6, 6.07) is 4.72. The van der Waals surface area contributed by atoms with Crippen molar-refractivity contribution in [2.45, 2.75) is 52.7 Å². The molecule has 0 saturated heterocycles. The van der Waals surface area contributed by atoms with Gasteiger partial charge in [-0.2, -0.15) is 0 Å². The minimum absolute atomic E-state index is 0.133. The van der Waals surface area contributed by atoms with Crippen molar-refractivity contribution in [3.8, 4) is 0 Å². The van der Waals surface area contributed by atoms with Gasteiger partial charge >= 0.3 is 11.9 Å². The zero-order valence-electron chi connectivity index (χ0n) is 12.8. The van der Waals surface area contributed by atoms with Crippen molar-refractivity contribution in [2.24, 2.45) is 0 Å². The average molecular weight is 357 g/mol. The molecule has 4 nitrogen and oxygen atoms in total. The van der Waals surface area contributed by atoms with Crippen LogP contribution in [0.1, 0.15) is 61.3 Å². The number of benzene rings is 1. The van der Waals surface area contributed by atoms with Crippen molar-refractivity contribution in [3.05, 3.63) is 33.8 Å². The van der Waals surface area contributed by atoms with Gasteiger partial charge in [0.2, 0.25) is 0 Å². The molecule has 0 aliphatic carbocycles. The van der Waals surface area contributed by atoms with E-state index in [1.807, 2.05) is 27.7 Å². The first-order valence-electron chi connectivity index (χ1n) is 7.10. The topological polar surface area (TPSA) is 52.6 Å². The highest BCUT2D eigenvalue weighted by Gasteiger charge is 2.17. The maximum atomic E-state index is 12.0. The Balaban J connectivity index is 2.85. The number of esters is 2. The second-order valence-electron chi connectivity index (χ2n) is 4.94. The van der Waals surface area contributed by atoms with Gasteiger partial charge in [0.15, 0.2) is 0 Å². The second-order valence-corrected chi connectivity index (χ2v) is 5.80. The fraction of sp³-hybridized carbons (Fsp3) is 0.500. The zero-order valence-corrected chi connectivity index (χ0v) is 14.4. The van der Waals surface area contributed by atoms with Gasteiger partial charge in [0, 0.05) is 4.47 Å². The molecule has 2 atom stereocenters. The van der Waals surface area contributed by atoms with Crippen LogP contribution in [0, 0.1) is 0 Å². The highest BCUT2D eigenvalue weighted by atomic mass is 79.9. The minimum atomic E-state index is -0.405. The van der Waals surface area contributed by atoms with Crippen molar-refractivity contribution in [3.63, 3.8) is 0 Å². The summed E-state index contributed by atoms with van der Waals surface area (Å²) in [5.41, 5.74) is 0.803. The van der Waals surface area contributed by atoms with Crippen LogP contribution in [-0.4, -0.2) is 24.1 Å². The van der Waals surface area contributed by atoms with E-state index >= 15 is 0 Å². The summed E-state index contributed by atoms with van der Waals surface area (Å²) in [4.78, 5) is 23.9. The number of carbonyl (C=O) groups is 2. The van der Waals surface area contributed by atoms with Crippen molar-refractivity contribution >= 4 is 27.9 Å². The largest absolute Gasteiger partial charge is 0.459 e. The van der Waals surface area contributed by atoms with Gasteiger partial charge in [0.1, 0.15) is 0 Å². The Morgan fingerprint density at radius 3 is 2.05 bits per heavy atom. The summed E-state index contributed by atoms with van der Waals surface area (Å²) in [5.74, 6) is -0.801. The molecule has 1 aromatic carbocycles. The third kappa shape index (κ3) is 5.16. The molecule has 0 saturated carbocycles. The minimum Gasteiger partial charge on any atom is -0.459 e. The summed E-state index contributed by atoms with van der Waals surface area (Å²) >= 11 is 3.30. The van der Waals surface area contributed by atoms with E-state index in [4.69, 9.17) is 9.47 Å². The molecule has 0 radical (unpaired) electrons. The first-order valence-corrected chi connectivity index (χ1v) is 7.89. The van der Waals surface area contributed by atoms with E-state index in [1.54, 1.807) is 18.2 Å². The summed E-state index contributed by atoms with van der Waals surface area (Å²) in [5, 5.41) is 0. The van der Waals surface area contributed by atoms with Gasteiger partial charge in [0.05, 0.1) is 23.3 Å². The number of halogens is 1. The number of hydrogen-bond donors (Lipinski definition) is 0. The molecule has 0 aliphatic rings. The number of hydrogen-bond acceptors (Lipinski definition) is 4. The van der Waals surface area contributed by atoms with Crippen molar-refractivity contribution < 1.29 is 19.1 Å². The molecule has 0 N–H and O–H groups in total. The molecular weight excluding hydrogens is 336 g/mol. The van der Waals surface area contributed by atoms with Crippen LogP contribution < -0.4 is 0 Å². The Hall–Kier alpha value is -1.36.